The molecule has 3 heterocycles. The normalized spacial score (nSPS) is 16.0. The maximum absolute atomic E-state index is 12.8. The Morgan fingerprint density at radius 3 is 2.75 bits per heavy atom. The van der Waals surface area contributed by atoms with Gasteiger partial charge in [0.15, 0.2) is 0 Å². The number of hydrogen-bond donors (Lipinski definition) is 2. The van der Waals surface area contributed by atoms with E-state index in [2.05, 4.69) is 20.8 Å². The molecule has 0 bridgehead atoms. The summed E-state index contributed by atoms with van der Waals surface area (Å²) in [5.74, 6) is 0.135. The van der Waals surface area contributed by atoms with Gasteiger partial charge in [-0.05, 0) is 56.8 Å². The van der Waals surface area contributed by atoms with E-state index in [0.717, 1.165) is 38.9 Å². The Kier molecular flexibility index (Phi) is 10.2. The zero-order valence-corrected chi connectivity index (χ0v) is 17.6. The number of nitrogens with one attached hydrogen (secondary N) is 2. The molecular formula is C18H28Cl2N6O2. The van der Waals surface area contributed by atoms with Gasteiger partial charge < -0.3 is 19.8 Å². The number of carbonyl (C=O) groups excluding carboxylic acids is 1. The molecule has 0 aliphatic carbocycles. The second-order valence-electron chi connectivity index (χ2n) is 6.85. The molecule has 2 aromatic heterocycles. The third-order valence-corrected chi connectivity index (χ3v) is 4.80. The molecule has 156 valence electrons. The number of piperidine rings is 1. The van der Waals surface area contributed by atoms with Crippen LogP contribution >= 0.6 is 24.8 Å². The topological polar surface area (TPSA) is 93.8 Å². The number of hydrogen-bond acceptors (Lipinski definition) is 5. The lowest BCUT2D eigenvalue weighted by atomic mass is 9.99. The lowest BCUT2D eigenvalue weighted by Gasteiger charge is -2.23. The van der Waals surface area contributed by atoms with Crippen LogP contribution in [0.15, 0.2) is 29.7 Å². The van der Waals surface area contributed by atoms with Gasteiger partial charge in [-0.3, -0.25) is 9.59 Å². The summed E-state index contributed by atoms with van der Waals surface area (Å²) in [6.45, 7) is 5.64. The third-order valence-electron chi connectivity index (χ3n) is 4.80. The summed E-state index contributed by atoms with van der Waals surface area (Å²) in [5.41, 5.74) is 0.761. The van der Waals surface area contributed by atoms with E-state index in [0.29, 0.717) is 24.6 Å². The van der Waals surface area contributed by atoms with E-state index in [4.69, 9.17) is 0 Å². The third kappa shape index (κ3) is 6.32. The van der Waals surface area contributed by atoms with Crippen molar-refractivity contribution in [2.75, 3.05) is 19.6 Å². The van der Waals surface area contributed by atoms with Crippen LogP contribution in [0.25, 0.3) is 0 Å². The van der Waals surface area contributed by atoms with Gasteiger partial charge in [-0.15, -0.1) is 35.0 Å². The molecule has 10 heteroatoms. The van der Waals surface area contributed by atoms with Gasteiger partial charge in [0.2, 0.25) is 0 Å². The summed E-state index contributed by atoms with van der Waals surface area (Å²) in [6, 6.07) is 1.85. The van der Waals surface area contributed by atoms with Crippen molar-refractivity contribution in [3.63, 3.8) is 0 Å². The number of rotatable bonds is 7. The molecular weight excluding hydrogens is 403 g/mol. The second kappa shape index (κ2) is 11.8. The average molecular weight is 431 g/mol. The maximum atomic E-state index is 12.8. The van der Waals surface area contributed by atoms with Crippen LogP contribution in [0.4, 0.5) is 0 Å². The Labute approximate surface area is 176 Å². The second-order valence-corrected chi connectivity index (χ2v) is 6.85. The highest BCUT2D eigenvalue weighted by atomic mass is 35.5. The first kappa shape index (κ1) is 24.1. The molecule has 1 saturated heterocycles. The minimum atomic E-state index is -0.299. The average Bonchev–Trinajstić information content (AvgIpc) is 3.16. The zero-order valence-electron chi connectivity index (χ0n) is 16.0. The Bertz CT molecular complexity index is 788. The van der Waals surface area contributed by atoms with Gasteiger partial charge in [-0.25, -0.2) is 0 Å². The van der Waals surface area contributed by atoms with Crippen molar-refractivity contribution in [1.82, 2.24) is 30.0 Å². The van der Waals surface area contributed by atoms with Gasteiger partial charge in [0.1, 0.15) is 18.2 Å². The van der Waals surface area contributed by atoms with Gasteiger partial charge in [0.05, 0.1) is 0 Å². The summed E-state index contributed by atoms with van der Waals surface area (Å²) in [6.07, 6.45) is 8.07. The van der Waals surface area contributed by atoms with Gasteiger partial charge in [-0.1, -0.05) is 0 Å². The molecule has 1 atom stereocenters. The van der Waals surface area contributed by atoms with Crippen molar-refractivity contribution in [3.05, 3.63) is 46.4 Å². The number of aromatic nitrogens is 4. The number of nitrogens with zero attached hydrogens (tertiary/aromatic N) is 4. The molecule has 1 unspecified atom stereocenters. The van der Waals surface area contributed by atoms with Crippen LogP contribution in [-0.2, 0) is 13.1 Å². The molecule has 1 aliphatic rings. The van der Waals surface area contributed by atoms with Crippen LogP contribution in [0.3, 0.4) is 0 Å². The van der Waals surface area contributed by atoms with Crippen molar-refractivity contribution in [2.45, 2.75) is 39.3 Å². The van der Waals surface area contributed by atoms with Crippen molar-refractivity contribution in [3.8, 4) is 0 Å². The first-order chi connectivity index (χ1) is 12.6. The van der Waals surface area contributed by atoms with Crippen LogP contribution in [0, 0.1) is 12.8 Å². The molecule has 0 saturated carbocycles. The Morgan fingerprint density at radius 1 is 1.32 bits per heavy atom. The van der Waals surface area contributed by atoms with E-state index < -0.39 is 0 Å². The molecule has 28 heavy (non-hydrogen) atoms. The minimum Gasteiger partial charge on any atom is -0.352 e. The number of amides is 1. The highest BCUT2D eigenvalue weighted by molar-refractivity contribution is 5.95. The van der Waals surface area contributed by atoms with Crippen LogP contribution < -0.4 is 16.2 Å². The summed E-state index contributed by atoms with van der Waals surface area (Å²) < 4.78 is 3.53. The predicted molar refractivity (Wildman–Crippen MR) is 113 cm³/mol. The fourth-order valence-electron chi connectivity index (χ4n) is 3.33. The summed E-state index contributed by atoms with van der Waals surface area (Å²) in [5, 5.41) is 13.7. The fraction of sp³-hybridized carbons (Fsp3) is 0.556. The smallest absolute Gasteiger partial charge is 0.263 e. The number of halogens is 2. The summed E-state index contributed by atoms with van der Waals surface area (Å²) >= 11 is 0. The van der Waals surface area contributed by atoms with Gasteiger partial charge in [0, 0.05) is 25.8 Å². The highest BCUT2D eigenvalue weighted by Crippen LogP contribution is 2.12. The lowest BCUT2D eigenvalue weighted by molar-refractivity contribution is 0.0949. The highest BCUT2D eigenvalue weighted by Gasteiger charge is 2.18. The fourth-order valence-corrected chi connectivity index (χ4v) is 3.33. The van der Waals surface area contributed by atoms with Crippen LogP contribution in [0.1, 0.15) is 35.2 Å². The maximum Gasteiger partial charge on any atom is 0.263 e. The number of carbonyl (C=O) groups is 1. The molecule has 0 spiro atoms. The van der Waals surface area contributed by atoms with E-state index in [1.165, 1.54) is 0 Å². The van der Waals surface area contributed by atoms with Crippen molar-refractivity contribution >= 4 is 30.7 Å². The first-order valence-electron chi connectivity index (χ1n) is 9.16. The largest absolute Gasteiger partial charge is 0.352 e. The Balaban J connectivity index is 0.00000196. The van der Waals surface area contributed by atoms with Crippen LogP contribution in [0.5, 0.6) is 0 Å². The zero-order chi connectivity index (χ0) is 18.4. The lowest BCUT2D eigenvalue weighted by Crippen LogP contribution is -2.38. The van der Waals surface area contributed by atoms with Gasteiger partial charge in [0.25, 0.3) is 11.5 Å². The molecule has 2 N–H and O–H groups in total. The van der Waals surface area contributed by atoms with E-state index in [9.17, 15) is 9.59 Å². The minimum absolute atomic E-state index is 0. The van der Waals surface area contributed by atoms with Crippen molar-refractivity contribution in [1.29, 1.82) is 0 Å². The van der Waals surface area contributed by atoms with Gasteiger partial charge >= 0.3 is 0 Å². The molecule has 3 rings (SSSR count). The van der Waals surface area contributed by atoms with Gasteiger partial charge in [-0.2, -0.15) is 0 Å². The molecule has 1 fully saturated rings. The number of pyridine rings is 1. The summed E-state index contributed by atoms with van der Waals surface area (Å²) in [4.78, 5) is 25.3. The molecule has 2 aromatic rings. The SMILES string of the molecule is Cc1ccn(CC2CCCNC2)c(=O)c1C(=O)NCCCn1cnnc1.Cl.Cl. The monoisotopic (exact) mass is 430 g/mol. The Hall–Kier alpha value is -1.90. The van der Waals surface area contributed by atoms with Crippen LogP contribution in [-0.4, -0.2) is 44.9 Å². The van der Waals surface area contributed by atoms with Crippen LogP contribution in [0.2, 0.25) is 0 Å². The molecule has 1 aliphatic heterocycles. The predicted octanol–water partition coefficient (Wildman–Crippen LogP) is 1.41. The Morgan fingerprint density at radius 2 is 2.07 bits per heavy atom. The van der Waals surface area contributed by atoms with E-state index in [1.54, 1.807) is 30.3 Å². The molecule has 0 aromatic carbocycles. The number of aryl methyl sites for hydroxylation is 2. The van der Waals surface area contributed by atoms with E-state index >= 15 is 0 Å². The summed E-state index contributed by atoms with van der Waals surface area (Å²) in [7, 11) is 0. The van der Waals surface area contributed by atoms with Crippen molar-refractivity contribution < 1.29 is 4.79 Å². The van der Waals surface area contributed by atoms with E-state index in [1.807, 2.05) is 10.6 Å². The molecule has 1 amide bonds. The molecule has 8 nitrogen and oxygen atoms in total. The first-order valence-corrected chi connectivity index (χ1v) is 9.16. The quantitative estimate of drug-likeness (QED) is 0.647. The van der Waals surface area contributed by atoms with Crippen molar-refractivity contribution in [2.24, 2.45) is 5.92 Å². The van der Waals surface area contributed by atoms with E-state index in [-0.39, 0.29) is 41.8 Å². The standard InChI is InChI=1S/C18H26N6O2.2ClH/c1-14-5-9-24(11-15-4-2-6-19-10-15)18(26)16(14)17(25)20-7-3-8-23-12-21-22-13-23;;/h5,9,12-13,15,19H,2-4,6-8,10-11H2,1H3,(H,20,25);2*1H. The molecule has 0 radical (unpaired) electrons.